The summed E-state index contributed by atoms with van der Waals surface area (Å²) in [6.45, 7) is -0.648. The number of rotatable bonds is 6. The SMILES string of the molecule is O=C(C[n+]1ccncc1OC[N+](=O)[O-])c1ccccc1. The minimum atomic E-state index is -0.675. The number of nitro groups is 1. The van der Waals surface area contributed by atoms with E-state index in [0.717, 1.165) is 0 Å². The van der Waals surface area contributed by atoms with E-state index in [1.165, 1.54) is 23.2 Å². The third-order valence-electron chi connectivity index (χ3n) is 2.53. The van der Waals surface area contributed by atoms with Crippen LogP contribution in [-0.4, -0.2) is 22.4 Å². The van der Waals surface area contributed by atoms with Crippen LogP contribution in [0.5, 0.6) is 5.88 Å². The van der Waals surface area contributed by atoms with E-state index in [1.807, 2.05) is 6.07 Å². The van der Waals surface area contributed by atoms with Gasteiger partial charge in [0.25, 0.3) is 0 Å². The summed E-state index contributed by atoms with van der Waals surface area (Å²) in [4.78, 5) is 25.6. The van der Waals surface area contributed by atoms with Gasteiger partial charge in [0.1, 0.15) is 6.20 Å². The molecule has 0 spiro atoms. The van der Waals surface area contributed by atoms with Gasteiger partial charge in [-0.15, -0.1) is 0 Å². The maximum absolute atomic E-state index is 12.1. The van der Waals surface area contributed by atoms with Crippen molar-refractivity contribution >= 4 is 5.78 Å². The van der Waals surface area contributed by atoms with E-state index in [1.54, 1.807) is 24.3 Å². The van der Waals surface area contributed by atoms with Crippen LogP contribution < -0.4 is 9.30 Å². The van der Waals surface area contributed by atoms with Crippen molar-refractivity contribution in [2.75, 3.05) is 6.73 Å². The Morgan fingerprint density at radius 2 is 2.10 bits per heavy atom. The number of Topliss-reactive ketones (excluding diaryl/α,β-unsaturated/α-hetero) is 1. The molecule has 0 amide bonds. The topological polar surface area (TPSA) is 86.2 Å². The van der Waals surface area contributed by atoms with Crippen LogP contribution in [0, 0.1) is 10.1 Å². The van der Waals surface area contributed by atoms with Gasteiger partial charge in [-0.3, -0.25) is 14.9 Å². The zero-order valence-electron chi connectivity index (χ0n) is 10.5. The average molecular weight is 274 g/mol. The second-order valence-corrected chi connectivity index (χ2v) is 3.94. The zero-order chi connectivity index (χ0) is 14.4. The number of carbonyl (C=O) groups is 1. The van der Waals surface area contributed by atoms with E-state index in [9.17, 15) is 14.9 Å². The van der Waals surface area contributed by atoms with Crippen LogP contribution in [0.4, 0.5) is 0 Å². The largest absolute Gasteiger partial charge is 0.392 e. The number of carbonyl (C=O) groups excluding carboxylic acids is 1. The van der Waals surface area contributed by atoms with Crippen LogP contribution >= 0.6 is 0 Å². The van der Waals surface area contributed by atoms with Gasteiger partial charge in [0.2, 0.25) is 12.3 Å². The van der Waals surface area contributed by atoms with Gasteiger partial charge in [-0.25, -0.2) is 4.98 Å². The molecular weight excluding hydrogens is 262 g/mol. The Bertz CT molecular complexity index is 616. The molecule has 0 N–H and O–H groups in total. The summed E-state index contributed by atoms with van der Waals surface area (Å²) in [6.07, 6.45) is 4.36. The zero-order valence-corrected chi connectivity index (χ0v) is 10.5. The second kappa shape index (κ2) is 6.37. The average Bonchev–Trinajstić information content (AvgIpc) is 2.47. The third kappa shape index (κ3) is 3.58. The van der Waals surface area contributed by atoms with Crippen LogP contribution in [-0.2, 0) is 6.54 Å². The first-order valence-electron chi connectivity index (χ1n) is 5.83. The van der Waals surface area contributed by atoms with Crippen LogP contribution in [0.1, 0.15) is 10.4 Å². The molecule has 0 aliphatic heterocycles. The van der Waals surface area contributed by atoms with Crippen molar-refractivity contribution in [3.8, 4) is 5.88 Å². The molecule has 2 aromatic rings. The van der Waals surface area contributed by atoms with Crippen molar-refractivity contribution in [2.24, 2.45) is 0 Å². The fourth-order valence-electron chi connectivity index (χ4n) is 1.61. The highest BCUT2D eigenvalue weighted by Gasteiger charge is 2.18. The summed E-state index contributed by atoms with van der Waals surface area (Å²) in [5.74, 6) is 0.0567. The summed E-state index contributed by atoms with van der Waals surface area (Å²) in [6, 6.07) is 8.79. The first-order valence-corrected chi connectivity index (χ1v) is 5.83. The molecule has 1 heterocycles. The van der Waals surface area contributed by atoms with Crippen molar-refractivity contribution in [1.82, 2.24) is 4.98 Å². The number of hydrogen-bond acceptors (Lipinski definition) is 5. The van der Waals surface area contributed by atoms with Crippen molar-refractivity contribution in [3.05, 3.63) is 64.6 Å². The maximum Gasteiger partial charge on any atom is 0.392 e. The van der Waals surface area contributed by atoms with E-state index in [-0.39, 0.29) is 18.2 Å². The Labute approximate surface area is 114 Å². The molecule has 1 aromatic carbocycles. The first kappa shape index (κ1) is 13.6. The minimum Gasteiger partial charge on any atom is -0.377 e. The summed E-state index contributed by atoms with van der Waals surface area (Å²) >= 11 is 0. The minimum absolute atomic E-state index is 0.0274. The number of benzene rings is 1. The van der Waals surface area contributed by atoms with Crippen LogP contribution in [0.3, 0.4) is 0 Å². The van der Waals surface area contributed by atoms with E-state index >= 15 is 0 Å². The molecule has 0 fully saturated rings. The monoisotopic (exact) mass is 274 g/mol. The number of aromatic nitrogens is 2. The lowest BCUT2D eigenvalue weighted by Crippen LogP contribution is -2.40. The molecule has 0 bridgehead atoms. The Kier molecular flexibility index (Phi) is 4.33. The van der Waals surface area contributed by atoms with Gasteiger partial charge in [0, 0.05) is 5.56 Å². The standard InChI is InChI=1S/C13H12N3O4/c17-12(11-4-2-1-3-5-11)9-15-7-6-14-8-13(15)20-10-16(18)19/h1-8H,9-10H2/q+1. The van der Waals surface area contributed by atoms with Gasteiger partial charge >= 0.3 is 12.6 Å². The fraction of sp³-hybridized carbons (Fsp3) is 0.154. The lowest BCUT2D eigenvalue weighted by Gasteiger charge is -2.02. The number of nitrogens with zero attached hydrogens (tertiary/aromatic N) is 3. The van der Waals surface area contributed by atoms with Crippen molar-refractivity contribution in [1.29, 1.82) is 0 Å². The highest BCUT2D eigenvalue weighted by molar-refractivity contribution is 5.94. The quantitative estimate of drug-likeness (QED) is 0.256. The smallest absolute Gasteiger partial charge is 0.377 e. The van der Waals surface area contributed by atoms with E-state index in [4.69, 9.17) is 4.74 Å². The highest BCUT2D eigenvalue weighted by Crippen LogP contribution is 2.03. The molecule has 7 nitrogen and oxygen atoms in total. The molecule has 0 atom stereocenters. The van der Waals surface area contributed by atoms with E-state index < -0.39 is 11.7 Å². The molecule has 0 aliphatic carbocycles. The molecule has 0 unspecified atom stereocenters. The van der Waals surface area contributed by atoms with E-state index in [2.05, 4.69) is 4.98 Å². The van der Waals surface area contributed by atoms with Crippen molar-refractivity contribution in [2.45, 2.75) is 6.54 Å². The molecule has 0 radical (unpaired) electrons. The van der Waals surface area contributed by atoms with Gasteiger partial charge in [-0.05, 0) is 0 Å². The molecule has 20 heavy (non-hydrogen) atoms. The van der Waals surface area contributed by atoms with Crippen molar-refractivity contribution in [3.63, 3.8) is 0 Å². The Balaban J connectivity index is 2.13. The van der Waals surface area contributed by atoms with Gasteiger partial charge < -0.3 is 4.74 Å². The number of ether oxygens (including phenoxy) is 1. The Hall–Kier alpha value is -2.83. The van der Waals surface area contributed by atoms with Gasteiger partial charge in [-0.1, -0.05) is 30.3 Å². The molecule has 7 heteroatoms. The normalized spacial score (nSPS) is 10.0. The molecule has 0 aliphatic rings. The van der Waals surface area contributed by atoms with Crippen LogP contribution in [0.25, 0.3) is 0 Å². The highest BCUT2D eigenvalue weighted by atomic mass is 16.7. The van der Waals surface area contributed by atoms with Gasteiger partial charge in [0.05, 0.1) is 11.1 Å². The Morgan fingerprint density at radius 3 is 2.80 bits per heavy atom. The Morgan fingerprint density at radius 1 is 1.35 bits per heavy atom. The summed E-state index contributed by atoms with van der Waals surface area (Å²) < 4.78 is 6.46. The fourth-order valence-corrected chi connectivity index (χ4v) is 1.61. The molecule has 0 saturated heterocycles. The number of ketones is 1. The van der Waals surface area contributed by atoms with Gasteiger partial charge in [0.15, 0.2) is 6.20 Å². The molecule has 0 saturated carbocycles. The predicted molar refractivity (Wildman–Crippen MR) is 67.7 cm³/mol. The molecule has 102 valence electrons. The first-order chi connectivity index (χ1) is 9.66. The molecular formula is C13H12N3O4+. The summed E-state index contributed by atoms with van der Waals surface area (Å²) in [5, 5.41) is 10.3. The molecule has 2 rings (SSSR count). The summed E-state index contributed by atoms with van der Waals surface area (Å²) in [7, 11) is 0. The maximum atomic E-state index is 12.1. The third-order valence-corrected chi connectivity index (χ3v) is 2.53. The van der Waals surface area contributed by atoms with Crippen molar-refractivity contribution < 1.29 is 19.0 Å². The van der Waals surface area contributed by atoms with E-state index in [0.29, 0.717) is 5.56 Å². The van der Waals surface area contributed by atoms with Crippen LogP contribution in [0.15, 0.2) is 48.9 Å². The lowest BCUT2D eigenvalue weighted by molar-refractivity contribution is -0.694. The summed E-state index contributed by atoms with van der Waals surface area (Å²) in [5.41, 5.74) is 0.567. The second-order valence-electron chi connectivity index (χ2n) is 3.94. The molecule has 1 aromatic heterocycles. The predicted octanol–water partition coefficient (Wildman–Crippen LogP) is 0.865. The number of hydrogen-bond donors (Lipinski definition) is 0. The lowest BCUT2D eigenvalue weighted by atomic mass is 10.1. The van der Waals surface area contributed by atoms with Gasteiger partial charge in [-0.2, -0.15) is 4.57 Å². The van der Waals surface area contributed by atoms with Crippen LogP contribution in [0.2, 0.25) is 0 Å².